The number of hydrogen-bond donors (Lipinski definition) is 2. The number of amidine groups is 1. The van der Waals surface area contributed by atoms with Gasteiger partial charge in [-0.1, -0.05) is 5.16 Å². The van der Waals surface area contributed by atoms with E-state index in [0.29, 0.717) is 18.4 Å². The van der Waals surface area contributed by atoms with Crippen molar-refractivity contribution in [3.8, 4) is 0 Å². The molecule has 114 valence electrons. The molecule has 0 saturated carbocycles. The minimum atomic E-state index is -0.558. The number of oxime groups is 1. The molecule has 0 amide bonds. The van der Waals surface area contributed by atoms with E-state index >= 15 is 0 Å². The van der Waals surface area contributed by atoms with E-state index in [9.17, 15) is 10.1 Å². The molecule has 1 aromatic heterocycles. The second-order valence-corrected chi connectivity index (χ2v) is 5.08. The summed E-state index contributed by atoms with van der Waals surface area (Å²) < 4.78 is 0. The van der Waals surface area contributed by atoms with Crippen LogP contribution in [0.15, 0.2) is 17.4 Å². The predicted molar refractivity (Wildman–Crippen MR) is 77.7 cm³/mol. The van der Waals surface area contributed by atoms with Crippen LogP contribution in [0.5, 0.6) is 0 Å². The van der Waals surface area contributed by atoms with E-state index in [1.165, 1.54) is 12.3 Å². The molecule has 0 aromatic carbocycles. The number of aromatic nitrogens is 1. The Morgan fingerprint density at radius 2 is 2.33 bits per heavy atom. The van der Waals surface area contributed by atoms with Gasteiger partial charge in [-0.25, -0.2) is 4.98 Å². The van der Waals surface area contributed by atoms with Gasteiger partial charge in [0.1, 0.15) is 12.0 Å². The van der Waals surface area contributed by atoms with Gasteiger partial charge in [-0.15, -0.1) is 0 Å². The second-order valence-electron chi connectivity index (χ2n) is 5.08. The van der Waals surface area contributed by atoms with E-state index in [0.717, 1.165) is 13.1 Å². The van der Waals surface area contributed by atoms with Gasteiger partial charge in [0.15, 0.2) is 5.84 Å². The summed E-state index contributed by atoms with van der Waals surface area (Å²) in [6.07, 6.45) is 1.19. The third-order valence-electron chi connectivity index (χ3n) is 3.71. The molecular weight excluding hydrogens is 276 g/mol. The van der Waals surface area contributed by atoms with Crippen molar-refractivity contribution in [2.45, 2.75) is 13.0 Å². The smallest absolute Gasteiger partial charge is 0.288 e. The number of nitrogens with two attached hydrogens (primary N) is 1. The first-order valence-electron chi connectivity index (χ1n) is 6.51. The number of piperazine rings is 1. The van der Waals surface area contributed by atoms with Gasteiger partial charge in [0.25, 0.3) is 5.69 Å². The summed E-state index contributed by atoms with van der Waals surface area (Å²) >= 11 is 0. The molecule has 1 unspecified atom stereocenters. The summed E-state index contributed by atoms with van der Waals surface area (Å²) in [5.74, 6) is 0.309. The maximum atomic E-state index is 10.8. The highest BCUT2D eigenvalue weighted by Gasteiger charge is 2.25. The van der Waals surface area contributed by atoms with Crippen molar-refractivity contribution < 1.29 is 10.1 Å². The Morgan fingerprint density at radius 1 is 1.62 bits per heavy atom. The SMILES string of the molecule is CC1CN(c2ncc([N+](=O)[O-])cc2C(N)=NO)CCN1C. The number of hydrogen-bond acceptors (Lipinski definition) is 7. The van der Waals surface area contributed by atoms with Crippen molar-refractivity contribution in [1.29, 1.82) is 0 Å². The lowest BCUT2D eigenvalue weighted by Gasteiger charge is -2.38. The Hall–Kier alpha value is -2.42. The molecule has 9 nitrogen and oxygen atoms in total. The minimum Gasteiger partial charge on any atom is -0.409 e. The zero-order chi connectivity index (χ0) is 15.6. The van der Waals surface area contributed by atoms with Gasteiger partial charge in [-0.3, -0.25) is 10.1 Å². The fourth-order valence-electron chi connectivity index (χ4n) is 2.28. The molecule has 2 rings (SSSR count). The molecule has 21 heavy (non-hydrogen) atoms. The summed E-state index contributed by atoms with van der Waals surface area (Å²) in [4.78, 5) is 18.6. The van der Waals surface area contributed by atoms with Crippen LogP contribution < -0.4 is 10.6 Å². The average Bonchev–Trinajstić information content (AvgIpc) is 2.48. The van der Waals surface area contributed by atoms with Crippen LogP contribution in [0.1, 0.15) is 12.5 Å². The largest absolute Gasteiger partial charge is 0.409 e. The van der Waals surface area contributed by atoms with Crippen molar-refractivity contribution in [1.82, 2.24) is 9.88 Å². The molecule has 1 atom stereocenters. The van der Waals surface area contributed by atoms with Crippen molar-refractivity contribution >= 4 is 17.3 Å². The van der Waals surface area contributed by atoms with Crippen LogP contribution in [-0.2, 0) is 0 Å². The molecule has 1 aliphatic heterocycles. The van der Waals surface area contributed by atoms with Gasteiger partial charge >= 0.3 is 0 Å². The average molecular weight is 294 g/mol. The molecule has 1 aliphatic rings. The topological polar surface area (TPSA) is 121 Å². The quantitative estimate of drug-likeness (QED) is 0.269. The van der Waals surface area contributed by atoms with Crippen LogP contribution in [0.4, 0.5) is 11.5 Å². The van der Waals surface area contributed by atoms with Gasteiger partial charge < -0.3 is 20.7 Å². The van der Waals surface area contributed by atoms with E-state index in [1.54, 1.807) is 0 Å². The monoisotopic (exact) mass is 294 g/mol. The molecule has 3 N–H and O–H groups in total. The normalized spacial score (nSPS) is 20.6. The molecule has 1 aromatic rings. The van der Waals surface area contributed by atoms with E-state index in [1.807, 2.05) is 11.9 Å². The predicted octanol–water partition coefficient (Wildman–Crippen LogP) is 0.225. The van der Waals surface area contributed by atoms with Crippen LogP contribution in [0.25, 0.3) is 0 Å². The summed E-state index contributed by atoms with van der Waals surface area (Å²) in [5.41, 5.74) is 5.71. The third-order valence-corrected chi connectivity index (χ3v) is 3.71. The van der Waals surface area contributed by atoms with Crippen molar-refractivity contribution in [3.05, 3.63) is 27.9 Å². The molecule has 1 fully saturated rings. The minimum absolute atomic E-state index is 0.187. The van der Waals surface area contributed by atoms with Crippen LogP contribution in [0, 0.1) is 10.1 Å². The molecule has 0 aliphatic carbocycles. The number of likely N-dealkylation sites (N-methyl/N-ethyl adjacent to an activating group) is 1. The number of pyridine rings is 1. The molecule has 0 spiro atoms. The van der Waals surface area contributed by atoms with Crippen LogP contribution in [0.3, 0.4) is 0 Å². The highest BCUT2D eigenvalue weighted by Crippen LogP contribution is 2.24. The zero-order valence-electron chi connectivity index (χ0n) is 11.9. The highest BCUT2D eigenvalue weighted by molar-refractivity contribution is 6.02. The molecule has 0 radical (unpaired) electrons. The van der Waals surface area contributed by atoms with Gasteiger partial charge in [-0.2, -0.15) is 0 Å². The van der Waals surface area contributed by atoms with E-state index in [-0.39, 0.29) is 17.1 Å². The van der Waals surface area contributed by atoms with Gasteiger partial charge in [0, 0.05) is 31.7 Å². The molecule has 2 heterocycles. The van der Waals surface area contributed by atoms with Crippen molar-refractivity contribution in [2.75, 3.05) is 31.6 Å². The molecule has 1 saturated heterocycles. The Labute approximate surface area is 121 Å². The summed E-state index contributed by atoms with van der Waals surface area (Å²) in [5, 5.41) is 22.7. The zero-order valence-corrected chi connectivity index (χ0v) is 11.9. The Kier molecular flexibility index (Phi) is 4.22. The number of rotatable bonds is 3. The lowest BCUT2D eigenvalue weighted by atomic mass is 10.1. The fraction of sp³-hybridized carbons (Fsp3) is 0.500. The van der Waals surface area contributed by atoms with Gasteiger partial charge in [0.2, 0.25) is 0 Å². The molecular formula is C12H18N6O3. The lowest BCUT2D eigenvalue weighted by molar-refractivity contribution is -0.385. The number of anilines is 1. The van der Waals surface area contributed by atoms with E-state index in [2.05, 4.69) is 22.0 Å². The van der Waals surface area contributed by atoms with E-state index in [4.69, 9.17) is 10.9 Å². The summed E-state index contributed by atoms with van der Waals surface area (Å²) in [7, 11) is 2.04. The third kappa shape index (κ3) is 3.02. The first-order chi connectivity index (χ1) is 9.93. The lowest BCUT2D eigenvalue weighted by Crippen LogP contribution is -2.50. The maximum absolute atomic E-state index is 10.8. The molecule has 0 bridgehead atoms. The standard InChI is InChI=1S/C12H18N6O3/c1-8-7-17(4-3-16(8)2)12-10(11(13)15-19)5-9(6-14-12)18(20)21/h5-6,8,19H,3-4,7H2,1-2H3,(H2,13,15). The van der Waals surface area contributed by atoms with Crippen LogP contribution in [-0.4, -0.2) is 58.6 Å². The number of nitro groups is 1. The van der Waals surface area contributed by atoms with Gasteiger partial charge in [-0.05, 0) is 14.0 Å². The van der Waals surface area contributed by atoms with Crippen molar-refractivity contribution in [2.24, 2.45) is 10.9 Å². The first-order valence-corrected chi connectivity index (χ1v) is 6.51. The van der Waals surface area contributed by atoms with Gasteiger partial charge in [0.05, 0.1) is 10.5 Å². The van der Waals surface area contributed by atoms with Crippen LogP contribution in [0.2, 0.25) is 0 Å². The maximum Gasteiger partial charge on any atom is 0.288 e. The van der Waals surface area contributed by atoms with E-state index < -0.39 is 4.92 Å². The first kappa shape index (κ1) is 15.0. The Bertz CT molecular complexity index is 576. The Balaban J connectivity index is 2.41. The summed E-state index contributed by atoms with van der Waals surface area (Å²) in [6.45, 7) is 4.36. The van der Waals surface area contributed by atoms with Crippen molar-refractivity contribution in [3.63, 3.8) is 0 Å². The number of nitrogens with zero attached hydrogens (tertiary/aromatic N) is 5. The Morgan fingerprint density at radius 3 is 2.90 bits per heavy atom. The summed E-state index contributed by atoms with van der Waals surface area (Å²) in [6, 6.07) is 1.59. The highest BCUT2D eigenvalue weighted by atomic mass is 16.6. The van der Waals surface area contributed by atoms with Crippen LogP contribution >= 0.6 is 0 Å². The fourth-order valence-corrected chi connectivity index (χ4v) is 2.28. The molecule has 9 heteroatoms. The second kappa shape index (κ2) is 5.92.